The molecule has 0 aliphatic heterocycles. The van der Waals surface area contributed by atoms with Crippen molar-refractivity contribution in [1.82, 2.24) is 10.3 Å². The van der Waals surface area contributed by atoms with Crippen LogP contribution in [0.15, 0.2) is 17.1 Å². The lowest BCUT2D eigenvalue weighted by atomic mass is 10.0. The Balaban J connectivity index is 0.00000180. The van der Waals surface area contributed by atoms with E-state index in [0.29, 0.717) is 12.5 Å². The molecule has 1 aliphatic rings. The number of nitrogens with one attached hydrogen (secondary N) is 2. The quantitative estimate of drug-likeness (QED) is 0.773. The Morgan fingerprint density at radius 3 is 2.89 bits per heavy atom. The highest BCUT2D eigenvalue weighted by Gasteiger charge is 2.28. The molecule has 2 unspecified atom stereocenters. The highest BCUT2D eigenvalue weighted by Crippen LogP contribution is 2.24. The largest absolute Gasteiger partial charge is 0.364 e. The molecule has 0 spiro atoms. The molecule has 5 nitrogen and oxygen atoms in total. The van der Waals surface area contributed by atoms with Gasteiger partial charge in [0.2, 0.25) is 0 Å². The molecule has 1 aliphatic carbocycles. The van der Waals surface area contributed by atoms with Gasteiger partial charge in [0.15, 0.2) is 5.43 Å². The molecule has 1 aromatic rings. The number of aromatic amines is 1. The lowest BCUT2D eigenvalue weighted by molar-refractivity contribution is 0.0927. The first kappa shape index (κ1) is 15.7. The van der Waals surface area contributed by atoms with Gasteiger partial charge >= 0.3 is 0 Å². The van der Waals surface area contributed by atoms with Crippen molar-refractivity contribution in [3.63, 3.8) is 0 Å². The van der Waals surface area contributed by atoms with Gasteiger partial charge in [-0.1, -0.05) is 6.42 Å². The van der Waals surface area contributed by atoms with Crippen molar-refractivity contribution < 1.29 is 4.79 Å². The number of hydrogen-bond donors (Lipinski definition) is 3. The second kappa shape index (κ2) is 6.73. The molecule has 2 rings (SSSR count). The molecule has 1 fully saturated rings. The van der Waals surface area contributed by atoms with E-state index in [4.69, 9.17) is 5.73 Å². The average molecular weight is 286 g/mol. The molecule has 2 atom stereocenters. The molecular formula is C13H20ClN3O2. The first-order valence-corrected chi connectivity index (χ1v) is 6.32. The maximum Gasteiger partial charge on any atom is 0.256 e. The number of rotatable bonds is 3. The SMILES string of the molecule is Cc1cc(=O)c(C(=O)NC2CCCC2CN)c[nH]1.Cl. The zero-order valence-electron chi connectivity index (χ0n) is 10.9. The van der Waals surface area contributed by atoms with Crippen molar-refractivity contribution >= 4 is 18.3 Å². The minimum atomic E-state index is -0.304. The highest BCUT2D eigenvalue weighted by molar-refractivity contribution is 5.94. The zero-order valence-corrected chi connectivity index (χ0v) is 11.8. The number of pyridine rings is 1. The third kappa shape index (κ3) is 3.58. The van der Waals surface area contributed by atoms with E-state index in [1.54, 1.807) is 6.92 Å². The van der Waals surface area contributed by atoms with Gasteiger partial charge in [-0.25, -0.2) is 0 Å². The number of halogens is 1. The molecule has 1 heterocycles. The normalized spacial score (nSPS) is 21.8. The maximum atomic E-state index is 12.0. The third-order valence-electron chi connectivity index (χ3n) is 3.58. The van der Waals surface area contributed by atoms with Crippen LogP contribution >= 0.6 is 12.4 Å². The van der Waals surface area contributed by atoms with E-state index in [9.17, 15) is 9.59 Å². The molecule has 0 saturated heterocycles. The van der Waals surface area contributed by atoms with Crippen molar-refractivity contribution in [3.8, 4) is 0 Å². The van der Waals surface area contributed by atoms with E-state index < -0.39 is 0 Å². The number of aromatic nitrogens is 1. The molecule has 0 aromatic carbocycles. The summed E-state index contributed by atoms with van der Waals surface area (Å²) in [5.74, 6) is 0.0279. The van der Waals surface area contributed by atoms with Crippen LogP contribution in [0.2, 0.25) is 0 Å². The molecular weight excluding hydrogens is 266 g/mol. The summed E-state index contributed by atoms with van der Waals surface area (Å²) in [6.07, 6.45) is 4.54. The fraction of sp³-hybridized carbons (Fsp3) is 0.538. The second-order valence-electron chi connectivity index (χ2n) is 4.90. The van der Waals surface area contributed by atoms with Crippen molar-refractivity contribution in [3.05, 3.63) is 33.7 Å². The summed E-state index contributed by atoms with van der Waals surface area (Å²) in [6.45, 7) is 2.36. The van der Waals surface area contributed by atoms with Gasteiger partial charge in [-0.2, -0.15) is 0 Å². The minimum Gasteiger partial charge on any atom is -0.364 e. The minimum absolute atomic E-state index is 0. The molecule has 1 amide bonds. The Morgan fingerprint density at radius 2 is 2.26 bits per heavy atom. The summed E-state index contributed by atoms with van der Waals surface area (Å²) in [7, 11) is 0. The maximum absolute atomic E-state index is 12.0. The highest BCUT2D eigenvalue weighted by atomic mass is 35.5. The number of carbonyl (C=O) groups excluding carboxylic acids is 1. The Labute approximate surface area is 118 Å². The average Bonchev–Trinajstić information content (AvgIpc) is 2.76. The lowest BCUT2D eigenvalue weighted by Gasteiger charge is -2.19. The van der Waals surface area contributed by atoms with Crippen LogP contribution in [-0.4, -0.2) is 23.5 Å². The molecule has 19 heavy (non-hydrogen) atoms. The molecule has 0 bridgehead atoms. The standard InChI is InChI=1S/C13H19N3O2.ClH/c1-8-5-12(17)10(7-15-8)13(18)16-11-4-2-3-9(11)6-14;/h5,7,9,11H,2-4,6,14H2,1H3,(H,15,17)(H,16,18);1H. The number of amides is 1. The van der Waals surface area contributed by atoms with Gasteiger partial charge in [0.1, 0.15) is 5.56 Å². The summed E-state index contributed by atoms with van der Waals surface area (Å²) < 4.78 is 0. The predicted molar refractivity (Wildman–Crippen MR) is 76.7 cm³/mol. The van der Waals surface area contributed by atoms with Gasteiger partial charge < -0.3 is 16.0 Å². The summed E-state index contributed by atoms with van der Waals surface area (Å²) in [5, 5.41) is 2.92. The monoisotopic (exact) mass is 285 g/mol. The molecule has 0 radical (unpaired) electrons. The van der Waals surface area contributed by atoms with Crippen molar-refractivity contribution in [2.75, 3.05) is 6.54 Å². The van der Waals surface area contributed by atoms with Crippen LogP contribution in [-0.2, 0) is 0 Å². The molecule has 6 heteroatoms. The van der Waals surface area contributed by atoms with Crippen molar-refractivity contribution in [2.24, 2.45) is 11.7 Å². The summed E-state index contributed by atoms with van der Waals surface area (Å²) >= 11 is 0. The first-order chi connectivity index (χ1) is 8.61. The van der Waals surface area contributed by atoms with E-state index >= 15 is 0 Å². The fourth-order valence-corrected chi connectivity index (χ4v) is 2.51. The van der Waals surface area contributed by atoms with E-state index in [0.717, 1.165) is 25.0 Å². The van der Waals surface area contributed by atoms with E-state index in [2.05, 4.69) is 10.3 Å². The summed E-state index contributed by atoms with van der Waals surface area (Å²) in [6, 6.07) is 1.53. The number of nitrogens with two attached hydrogens (primary N) is 1. The first-order valence-electron chi connectivity index (χ1n) is 6.32. The van der Waals surface area contributed by atoms with Gasteiger partial charge in [0, 0.05) is 24.0 Å². The molecule has 1 saturated carbocycles. The van der Waals surface area contributed by atoms with Gasteiger partial charge in [-0.05, 0) is 32.2 Å². The number of H-pyrrole nitrogens is 1. The number of carbonyl (C=O) groups is 1. The zero-order chi connectivity index (χ0) is 13.1. The lowest BCUT2D eigenvalue weighted by Crippen LogP contribution is -2.41. The van der Waals surface area contributed by atoms with Crippen molar-refractivity contribution in [1.29, 1.82) is 0 Å². The van der Waals surface area contributed by atoms with Crippen LogP contribution in [0.3, 0.4) is 0 Å². The Morgan fingerprint density at radius 1 is 1.53 bits per heavy atom. The predicted octanol–water partition coefficient (Wildman–Crippen LogP) is 0.962. The fourth-order valence-electron chi connectivity index (χ4n) is 2.51. The third-order valence-corrected chi connectivity index (χ3v) is 3.58. The number of aryl methyl sites for hydroxylation is 1. The Hall–Kier alpha value is -1.33. The second-order valence-corrected chi connectivity index (χ2v) is 4.90. The van der Waals surface area contributed by atoms with Crippen LogP contribution in [0.4, 0.5) is 0 Å². The summed E-state index contributed by atoms with van der Waals surface area (Å²) in [4.78, 5) is 26.6. The van der Waals surface area contributed by atoms with Gasteiger partial charge in [0.05, 0.1) is 0 Å². The van der Waals surface area contributed by atoms with Crippen LogP contribution in [0.1, 0.15) is 35.3 Å². The molecule has 1 aromatic heterocycles. The van der Waals surface area contributed by atoms with Crippen molar-refractivity contribution in [2.45, 2.75) is 32.2 Å². The van der Waals surface area contributed by atoms with Crippen LogP contribution < -0.4 is 16.5 Å². The van der Waals surface area contributed by atoms with Gasteiger partial charge in [-0.3, -0.25) is 9.59 Å². The summed E-state index contributed by atoms with van der Waals surface area (Å²) in [5.41, 5.74) is 6.34. The topological polar surface area (TPSA) is 88.0 Å². The smallest absolute Gasteiger partial charge is 0.256 e. The van der Waals surface area contributed by atoms with Crippen LogP contribution in [0.25, 0.3) is 0 Å². The Kier molecular flexibility index (Phi) is 5.57. The Bertz CT molecular complexity index is 501. The van der Waals surface area contributed by atoms with E-state index in [1.807, 2.05) is 0 Å². The number of hydrogen-bond acceptors (Lipinski definition) is 3. The van der Waals surface area contributed by atoms with Gasteiger partial charge in [-0.15, -0.1) is 12.4 Å². The molecule has 106 valence electrons. The molecule has 4 N–H and O–H groups in total. The van der Waals surface area contributed by atoms with Gasteiger partial charge in [0.25, 0.3) is 5.91 Å². The van der Waals surface area contributed by atoms with E-state index in [1.165, 1.54) is 12.3 Å². The van der Waals surface area contributed by atoms with Crippen LogP contribution in [0, 0.1) is 12.8 Å². The van der Waals surface area contributed by atoms with E-state index in [-0.39, 0.29) is 35.3 Å². The van der Waals surface area contributed by atoms with Crippen LogP contribution in [0.5, 0.6) is 0 Å².